The van der Waals surface area contributed by atoms with Gasteiger partial charge in [0.2, 0.25) is 11.8 Å². The average Bonchev–Trinajstić information content (AvgIpc) is 3.34. The molecule has 1 atom stereocenters. The second-order valence-electron chi connectivity index (χ2n) is 8.81. The minimum Gasteiger partial charge on any atom is -0.352 e. The highest BCUT2D eigenvalue weighted by molar-refractivity contribution is 7.90. The summed E-state index contributed by atoms with van der Waals surface area (Å²) >= 11 is 0. The van der Waals surface area contributed by atoms with E-state index >= 15 is 0 Å². The summed E-state index contributed by atoms with van der Waals surface area (Å²) in [6.45, 7) is 1.47. The zero-order valence-corrected chi connectivity index (χ0v) is 20.9. The van der Waals surface area contributed by atoms with E-state index in [9.17, 15) is 18.0 Å². The standard InChI is InChI=1S/C25H34N4O4S/c1-20(25(31)26-22-14-10-11-15-22)28(18-21-12-6-4-7-13-21)24(30)19-29(34(32,33)27(2)3)23-16-8-5-9-17-23/h4-9,12-13,16-17,20,22H,10-11,14-15,18-19H2,1-3H3,(H,26,31)/t20-/m0/s1. The molecule has 0 saturated heterocycles. The van der Waals surface area contributed by atoms with Crippen LogP contribution in [0.25, 0.3) is 0 Å². The molecule has 34 heavy (non-hydrogen) atoms. The summed E-state index contributed by atoms with van der Waals surface area (Å²) in [6.07, 6.45) is 4.04. The molecular formula is C25H34N4O4S. The van der Waals surface area contributed by atoms with Gasteiger partial charge in [-0.3, -0.25) is 9.59 Å². The fourth-order valence-electron chi connectivity index (χ4n) is 4.07. The zero-order valence-electron chi connectivity index (χ0n) is 20.1. The van der Waals surface area contributed by atoms with Gasteiger partial charge in [-0.1, -0.05) is 61.4 Å². The van der Waals surface area contributed by atoms with Crippen LogP contribution in [0.4, 0.5) is 5.69 Å². The number of nitrogens with one attached hydrogen (secondary N) is 1. The molecule has 9 heteroatoms. The van der Waals surface area contributed by atoms with E-state index in [2.05, 4.69) is 5.32 Å². The highest BCUT2D eigenvalue weighted by atomic mass is 32.2. The zero-order chi connectivity index (χ0) is 24.7. The second-order valence-corrected chi connectivity index (χ2v) is 10.9. The van der Waals surface area contributed by atoms with E-state index in [4.69, 9.17) is 0 Å². The first-order valence-electron chi connectivity index (χ1n) is 11.6. The van der Waals surface area contributed by atoms with Gasteiger partial charge in [0, 0.05) is 26.7 Å². The predicted octanol–water partition coefficient (Wildman–Crippen LogP) is 2.78. The molecular weight excluding hydrogens is 452 g/mol. The molecule has 1 aliphatic rings. The Hall–Kier alpha value is -2.91. The SMILES string of the molecule is C[C@@H](C(=O)NC1CCCC1)N(Cc1ccccc1)C(=O)CN(c1ccccc1)S(=O)(=O)N(C)C. The van der Waals surface area contributed by atoms with Gasteiger partial charge in [-0.25, -0.2) is 4.31 Å². The van der Waals surface area contributed by atoms with E-state index in [1.54, 1.807) is 37.3 Å². The number of nitrogens with zero attached hydrogens (tertiary/aromatic N) is 3. The lowest BCUT2D eigenvalue weighted by Gasteiger charge is -2.33. The topological polar surface area (TPSA) is 90.0 Å². The van der Waals surface area contributed by atoms with Crippen molar-refractivity contribution in [2.75, 3.05) is 24.9 Å². The minimum atomic E-state index is -3.94. The van der Waals surface area contributed by atoms with Gasteiger partial charge in [-0.15, -0.1) is 0 Å². The van der Waals surface area contributed by atoms with Gasteiger partial charge in [0.05, 0.1) is 5.69 Å². The molecule has 184 valence electrons. The number of rotatable bonds is 10. The highest BCUT2D eigenvalue weighted by Gasteiger charge is 2.33. The van der Waals surface area contributed by atoms with Gasteiger partial charge in [0.25, 0.3) is 0 Å². The van der Waals surface area contributed by atoms with Gasteiger partial charge < -0.3 is 10.2 Å². The molecule has 0 unspecified atom stereocenters. The Labute approximate surface area is 202 Å². The molecule has 0 aromatic heterocycles. The van der Waals surface area contributed by atoms with Crippen LogP contribution in [0, 0.1) is 0 Å². The van der Waals surface area contributed by atoms with E-state index in [1.807, 2.05) is 30.3 Å². The van der Waals surface area contributed by atoms with Crippen LogP contribution in [-0.2, 0) is 26.3 Å². The van der Waals surface area contributed by atoms with Crippen molar-refractivity contribution in [3.63, 3.8) is 0 Å². The number of carbonyl (C=O) groups is 2. The van der Waals surface area contributed by atoms with Gasteiger partial charge in [-0.05, 0) is 37.5 Å². The molecule has 0 bridgehead atoms. The fraction of sp³-hybridized carbons (Fsp3) is 0.440. The van der Waals surface area contributed by atoms with Crippen LogP contribution in [0.3, 0.4) is 0 Å². The van der Waals surface area contributed by atoms with Crippen LogP contribution in [0.5, 0.6) is 0 Å². The summed E-state index contributed by atoms with van der Waals surface area (Å²) in [5.74, 6) is -0.676. The summed E-state index contributed by atoms with van der Waals surface area (Å²) in [5.41, 5.74) is 1.24. The molecule has 1 N–H and O–H groups in total. The van der Waals surface area contributed by atoms with Crippen LogP contribution in [-0.4, -0.2) is 62.2 Å². The largest absolute Gasteiger partial charge is 0.352 e. The molecule has 0 radical (unpaired) electrons. The van der Waals surface area contributed by atoms with Gasteiger partial charge >= 0.3 is 10.2 Å². The van der Waals surface area contributed by atoms with Gasteiger partial charge in [0.15, 0.2) is 0 Å². The van der Waals surface area contributed by atoms with Crippen molar-refractivity contribution >= 4 is 27.7 Å². The van der Waals surface area contributed by atoms with Crippen molar-refractivity contribution in [1.82, 2.24) is 14.5 Å². The lowest BCUT2D eigenvalue weighted by molar-refractivity contribution is -0.139. The van der Waals surface area contributed by atoms with Crippen molar-refractivity contribution in [2.45, 2.75) is 51.2 Å². The predicted molar refractivity (Wildman–Crippen MR) is 133 cm³/mol. The Bertz CT molecular complexity index is 1050. The molecule has 2 aromatic rings. The number of hydrogen-bond acceptors (Lipinski definition) is 4. The van der Waals surface area contributed by atoms with Crippen LogP contribution >= 0.6 is 0 Å². The van der Waals surface area contributed by atoms with Crippen LogP contribution in [0.1, 0.15) is 38.2 Å². The third kappa shape index (κ3) is 6.36. The molecule has 0 spiro atoms. The summed E-state index contributed by atoms with van der Waals surface area (Å²) in [7, 11) is -1.09. The third-order valence-corrected chi connectivity index (χ3v) is 7.95. The summed E-state index contributed by atoms with van der Waals surface area (Å²) in [6, 6.07) is 17.3. The first-order valence-corrected chi connectivity index (χ1v) is 13.0. The molecule has 3 rings (SSSR count). The number of anilines is 1. The highest BCUT2D eigenvalue weighted by Crippen LogP contribution is 2.21. The first-order chi connectivity index (χ1) is 16.2. The molecule has 8 nitrogen and oxygen atoms in total. The smallest absolute Gasteiger partial charge is 0.304 e. The monoisotopic (exact) mass is 486 g/mol. The van der Waals surface area contributed by atoms with Crippen molar-refractivity contribution in [3.05, 3.63) is 66.2 Å². The molecule has 2 amide bonds. The summed E-state index contributed by atoms with van der Waals surface area (Å²) < 4.78 is 28.3. The van der Waals surface area contributed by atoms with Gasteiger partial charge in [0.1, 0.15) is 12.6 Å². The Morgan fingerprint density at radius 3 is 2.09 bits per heavy atom. The van der Waals surface area contributed by atoms with Crippen molar-refractivity contribution in [2.24, 2.45) is 0 Å². The number of amides is 2. The van der Waals surface area contributed by atoms with E-state index in [0.29, 0.717) is 5.69 Å². The Kier molecular flexibility index (Phi) is 8.68. The van der Waals surface area contributed by atoms with E-state index in [-0.39, 0.29) is 18.5 Å². The second kappa shape index (κ2) is 11.5. The van der Waals surface area contributed by atoms with Crippen LogP contribution in [0.2, 0.25) is 0 Å². The lowest BCUT2D eigenvalue weighted by Crippen LogP contribution is -2.53. The molecule has 1 aliphatic carbocycles. The number of carbonyl (C=O) groups excluding carboxylic acids is 2. The van der Waals surface area contributed by atoms with E-state index in [1.165, 1.54) is 19.0 Å². The van der Waals surface area contributed by atoms with Crippen LogP contribution in [0.15, 0.2) is 60.7 Å². The number of hydrogen-bond donors (Lipinski definition) is 1. The van der Waals surface area contributed by atoms with Crippen molar-refractivity contribution in [3.8, 4) is 0 Å². The average molecular weight is 487 g/mol. The quantitative estimate of drug-likeness (QED) is 0.559. The van der Waals surface area contributed by atoms with Crippen molar-refractivity contribution in [1.29, 1.82) is 0 Å². The Morgan fingerprint density at radius 2 is 1.53 bits per heavy atom. The fourth-order valence-corrected chi connectivity index (χ4v) is 5.12. The molecule has 0 aliphatic heterocycles. The maximum absolute atomic E-state index is 13.6. The molecule has 1 saturated carbocycles. The first kappa shape index (κ1) is 25.7. The maximum Gasteiger partial charge on any atom is 0.304 e. The van der Waals surface area contributed by atoms with E-state index < -0.39 is 28.7 Å². The minimum absolute atomic E-state index is 0.124. The maximum atomic E-state index is 13.6. The van der Waals surface area contributed by atoms with Crippen LogP contribution < -0.4 is 9.62 Å². The summed E-state index contributed by atoms with van der Waals surface area (Å²) in [4.78, 5) is 28.1. The third-order valence-electron chi connectivity index (χ3n) is 6.13. The Morgan fingerprint density at radius 1 is 0.971 bits per heavy atom. The number of para-hydroxylation sites is 1. The van der Waals surface area contributed by atoms with Crippen molar-refractivity contribution < 1.29 is 18.0 Å². The number of benzene rings is 2. The molecule has 0 heterocycles. The van der Waals surface area contributed by atoms with Gasteiger partial charge in [-0.2, -0.15) is 12.7 Å². The molecule has 2 aromatic carbocycles. The summed E-state index contributed by atoms with van der Waals surface area (Å²) in [5, 5.41) is 3.06. The normalized spacial score (nSPS) is 15.2. The van der Waals surface area contributed by atoms with E-state index in [0.717, 1.165) is 39.9 Å². The lowest BCUT2D eigenvalue weighted by atomic mass is 10.1. The molecule has 1 fully saturated rings. The Balaban J connectivity index is 1.88.